The summed E-state index contributed by atoms with van der Waals surface area (Å²) < 4.78 is 6.76. The lowest BCUT2D eigenvalue weighted by Gasteiger charge is -2.08. The maximum absolute atomic E-state index is 12.5. The number of benzene rings is 2. The summed E-state index contributed by atoms with van der Waals surface area (Å²) in [7, 11) is 0. The van der Waals surface area contributed by atoms with Crippen molar-refractivity contribution >= 4 is 54.4 Å². The third-order valence-corrected chi connectivity index (χ3v) is 4.81. The van der Waals surface area contributed by atoms with Crippen molar-refractivity contribution in [3.05, 3.63) is 72.5 Å². The van der Waals surface area contributed by atoms with E-state index in [0.29, 0.717) is 21.1 Å². The van der Waals surface area contributed by atoms with E-state index in [-0.39, 0.29) is 5.56 Å². The Balaban J connectivity index is 2.01. The van der Waals surface area contributed by atoms with Crippen LogP contribution in [-0.4, -0.2) is 5.91 Å². The highest BCUT2D eigenvalue weighted by Crippen LogP contribution is 2.28. The number of hydrogen-bond donors (Lipinski definition) is 1. The fraction of sp³-hybridized carbons (Fsp3) is 0.111. The molecule has 0 aliphatic heterocycles. The Labute approximate surface area is 155 Å². The molecule has 0 unspecified atom stereocenters. The average Bonchev–Trinajstić information content (AvgIpc) is 2.51. The molecule has 1 aromatic heterocycles. The van der Waals surface area contributed by atoms with Crippen molar-refractivity contribution in [1.29, 1.82) is 0 Å². The van der Waals surface area contributed by atoms with Gasteiger partial charge in [-0.15, -0.1) is 0 Å². The van der Waals surface area contributed by atoms with E-state index in [1.54, 1.807) is 18.2 Å². The molecule has 6 heteroatoms. The van der Waals surface area contributed by atoms with Crippen LogP contribution in [0.1, 0.15) is 21.5 Å². The van der Waals surface area contributed by atoms with E-state index in [2.05, 4.69) is 37.2 Å². The number of carbonyl (C=O) groups is 1. The molecule has 1 N–H and O–H groups in total. The van der Waals surface area contributed by atoms with Gasteiger partial charge in [-0.2, -0.15) is 0 Å². The zero-order valence-corrected chi connectivity index (χ0v) is 16.1. The highest BCUT2D eigenvalue weighted by atomic mass is 79.9. The molecular weight excluding hydrogens is 438 g/mol. The third-order valence-electron chi connectivity index (χ3n) is 3.76. The summed E-state index contributed by atoms with van der Waals surface area (Å²) in [6.45, 7) is 3.96. The van der Waals surface area contributed by atoms with Crippen molar-refractivity contribution in [2.75, 3.05) is 5.32 Å². The molecule has 0 saturated heterocycles. The lowest BCUT2D eigenvalue weighted by molar-refractivity contribution is 0.102. The molecule has 1 heterocycles. The van der Waals surface area contributed by atoms with Gasteiger partial charge in [0.25, 0.3) is 5.91 Å². The third kappa shape index (κ3) is 3.30. The van der Waals surface area contributed by atoms with Crippen LogP contribution < -0.4 is 10.9 Å². The summed E-state index contributed by atoms with van der Waals surface area (Å²) in [4.78, 5) is 24.6. The van der Waals surface area contributed by atoms with Crippen LogP contribution in [0.15, 0.2) is 54.6 Å². The van der Waals surface area contributed by atoms with E-state index in [1.165, 1.54) is 6.07 Å². The van der Waals surface area contributed by atoms with E-state index >= 15 is 0 Å². The number of aryl methyl sites for hydroxylation is 2. The van der Waals surface area contributed by atoms with Crippen molar-refractivity contribution < 1.29 is 9.21 Å². The number of rotatable bonds is 2. The second-order valence-electron chi connectivity index (χ2n) is 5.51. The van der Waals surface area contributed by atoms with Crippen LogP contribution in [0.3, 0.4) is 0 Å². The van der Waals surface area contributed by atoms with Crippen LogP contribution in [0, 0.1) is 13.8 Å². The van der Waals surface area contributed by atoms with E-state index in [1.807, 2.05) is 26.0 Å². The van der Waals surface area contributed by atoms with Gasteiger partial charge in [-0.25, -0.2) is 4.79 Å². The summed E-state index contributed by atoms with van der Waals surface area (Å²) in [5, 5.41) is 3.39. The molecule has 0 atom stereocenters. The molecule has 4 nitrogen and oxygen atoms in total. The van der Waals surface area contributed by atoms with Gasteiger partial charge in [-0.05, 0) is 71.2 Å². The van der Waals surface area contributed by atoms with Crippen molar-refractivity contribution in [2.45, 2.75) is 13.8 Å². The average molecular weight is 451 g/mol. The maximum atomic E-state index is 12.5. The fourth-order valence-electron chi connectivity index (χ4n) is 2.33. The van der Waals surface area contributed by atoms with Gasteiger partial charge in [0.05, 0.1) is 4.47 Å². The lowest BCUT2D eigenvalue weighted by atomic mass is 10.1. The SMILES string of the molecule is Cc1ccc(NC(=O)c2cc3cc(Br)cc(Br)c3oc2=O)cc1C. The van der Waals surface area contributed by atoms with Gasteiger partial charge in [0.1, 0.15) is 5.56 Å². The molecule has 24 heavy (non-hydrogen) atoms. The minimum Gasteiger partial charge on any atom is -0.421 e. The number of anilines is 1. The van der Waals surface area contributed by atoms with E-state index in [9.17, 15) is 9.59 Å². The first kappa shape index (κ1) is 16.9. The second kappa shape index (κ2) is 6.53. The molecule has 0 fully saturated rings. The molecule has 1 amide bonds. The molecule has 2 aromatic carbocycles. The smallest absolute Gasteiger partial charge is 0.349 e. The van der Waals surface area contributed by atoms with Crippen LogP contribution in [0.2, 0.25) is 0 Å². The first-order valence-electron chi connectivity index (χ1n) is 7.16. The Morgan fingerprint density at radius 3 is 2.50 bits per heavy atom. The van der Waals surface area contributed by atoms with Crippen molar-refractivity contribution in [1.82, 2.24) is 0 Å². The van der Waals surface area contributed by atoms with Crippen LogP contribution >= 0.6 is 31.9 Å². The van der Waals surface area contributed by atoms with Crippen molar-refractivity contribution in [3.8, 4) is 0 Å². The minimum atomic E-state index is -0.674. The molecule has 0 aliphatic carbocycles. The minimum absolute atomic E-state index is 0.0364. The van der Waals surface area contributed by atoms with Gasteiger partial charge in [-0.3, -0.25) is 4.79 Å². The predicted octanol–water partition coefficient (Wildman–Crippen LogP) is 5.19. The topological polar surface area (TPSA) is 59.3 Å². The summed E-state index contributed by atoms with van der Waals surface area (Å²) in [5.41, 5.74) is 2.53. The molecule has 0 aliphatic rings. The second-order valence-corrected chi connectivity index (χ2v) is 7.28. The Morgan fingerprint density at radius 1 is 1.04 bits per heavy atom. The van der Waals surface area contributed by atoms with E-state index in [4.69, 9.17) is 4.42 Å². The molecule has 0 saturated carbocycles. The van der Waals surface area contributed by atoms with Crippen LogP contribution in [0.5, 0.6) is 0 Å². The highest BCUT2D eigenvalue weighted by molar-refractivity contribution is 9.11. The maximum Gasteiger partial charge on any atom is 0.349 e. The summed E-state index contributed by atoms with van der Waals surface area (Å²) in [6.07, 6.45) is 0. The number of carbonyl (C=O) groups excluding carboxylic acids is 1. The first-order valence-corrected chi connectivity index (χ1v) is 8.75. The number of amides is 1. The van der Waals surface area contributed by atoms with Gasteiger partial charge in [-0.1, -0.05) is 22.0 Å². The molecule has 122 valence electrons. The highest BCUT2D eigenvalue weighted by Gasteiger charge is 2.16. The Morgan fingerprint density at radius 2 is 1.79 bits per heavy atom. The number of fused-ring (bicyclic) bond motifs is 1. The Kier molecular flexibility index (Phi) is 4.60. The van der Waals surface area contributed by atoms with E-state index < -0.39 is 11.5 Å². The zero-order valence-electron chi connectivity index (χ0n) is 12.9. The molecule has 0 bridgehead atoms. The number of hydrogen-bond acceptors (Lipinski definition) is 3. The van der Waals surface area contributed by atoms with Crippen LogP contribution in [0.4, 0.5) is 5.69 Å². The summed E-state index contributed by atoms with van der Waals surface area (Å²) >= 11 is 6.73. The summed E-state index contributed by atoms with van der Waals surface area (Å²) in [6, 6.07) is 10.7. The first-order chi connectivity index (χ1) is 11.3. The predicted molar refractivity (Wildman–Crippen MR) is 102 cm³/mol. The molecular formula is C18H13Br2NO3. The largest absolute Gasteiger partial charge is 0.421 e. The fourth-order valence-corrected chi connectivity index (χ4v) is 3.67. The molecule has 3 rings (SSSR count). The van der Waals surface area contributed by atoms with Gasteiger partial charge in [0.15, 0.2) is 5.58 Å². The quantitative estimate of drug-likeness (QED) is 0.546. The van der Waals surface area contributed by atoms with Gasteiger partial charge in [0.2, 0.25) is 0 Å². The van der Waals surface area contributed by atoms with Crippen LogP contribution in [-0.2, 0) is 0 Å². The Bertz CT molecular complexity index is 1020. The van der Waals surface area contributed by atoms with Gasteiger partial charge >= 0.3 is 5.63 Å². The normalized spacial score (nSPS) is 10.8. The Hall–Kier alpha value is -1.92. The van der Waals surface area contributed by atoms with Crippen molar-refractivity contribution in [3.63, 3.8) is 0 Å². The number of halogens is 2. The monoisotopic (exact) mass is 449 g/mol. The molecule has 0 spiro atoms. The number of nitrogens with one attached hydrogen (secondary N) is 1. The molecule has 3 aromatic rings. The summed E-state index contributed by atoms with van der Waals surface area (Å²) in [5.74, 6) is -0.495. The lowest BCUT2D eigenvalue weighted by Crippen LogP contribution is -2.20. The molecule has 0 radical (unpaired) electrons. The van der Waals surface area contributed by atoms with Gasteiger partial charge in [0, 0.05) is 15.5 Å². The van der Waals surface area contributed by atoms with Crippen molar-refractivity contribution in [2.24, 2.45) is 0 Å². The van der Waals surface area contributed by atoms with Gasteiger partial charge < -0.3 is 9.73 Å². The van der Waals surface area contributed by atoms with E-state index in [0.717, 1.165) is 15.6 Å². The zero-order chi connectivity index (χ0) is 17.4. The van der Waals surface area contributed by atoms with Crippen LogP contribution in [0.25, 0.3) is 11.0 Å². The standard InChI is InChI=1S/C18H13Br2NO3/c1-9-3-4-13(5-10(9)2)21-17(22)14-7-11-6-12(19)8-15(20)16(11)24-18(14)23/h3-8H,1-2H3,(H,21,22).